The Morgan fingerprint density at radius 2 is 1.90 bits per heavy atom. The molecule has 1 heterocycles. The summed E-state index contributed by atoms with van der Waals surface area (Å²) in [5.74, 6) is -0.152. The van der Waals surface area contributed by atoms with E-state index in [-0.39, 0.29) is 5.82 Å². The number of thiophene rings is 1. The minimum Gasteiger partial charge on any atom is -0.380 e. The fraction of sp³-hybridized carbons (Fsp3) is 0.111. The molecule has 0 aliphatic carbocycles. The number of aryl methyl sites for hydroxylation is 1. The van der Waals surface area contributed by atoms with Crippen LogP contribution in [0.1, 0.15) is 11.1 Å². The first-order valence-corrected chi connectivity index (χ1v) is 7.74. The summed E-state index contributed by atoms with van der Waals surface area (Å²) in [4.78, 5) is 1.23. The fourth-order valence-corrected chi connectivity index (χ4v) is 2.99. The van der Waals surface area contributed by atoms with Crippen LogP contribution in [-0.2, 0) is 6.54 Å². The second kappa shape index (κ2) is 6.10. The zero-order valence-electron chi connectivity index (χ0n) is 11.8. The first-order valence-electron chi connectivity index (χ1n) is 6.86. The second-order valence-electron chi connectivity index (χ2n) is 4.96. The Morgan fingerprint density at radius 1 is 1.05 bits per heavy atom. The maximum absolute atomic E-state index is 13.6. The van der Waals surface area contributed by atoms with E-state index < -0.39 is 0 Å². The first kappa shape index (κ1) is 13.8. The van der Waals surface area contributed by atoms with Crippen molar-refractivity contribution in [3.63, 3.8) is 0 Å². The predicted molar refractivity (Wildman–Crippen MR) is 88.2 cm³/mol. The molecule has 21 heavy (non-hydrogen) atoms. The molecule has 1 nitrogen and oxygen atoms in total. The Bertz CT molecular complexity index is 735. The van der Waals surface area contributed by atoms with E-state index in [1.165, 1.54) is 10.4 Å². The summed E-state index contributed by atoms with van der Waals surface area (Å²) in [6, 6.07) is 17.7. The molecule has 0 aliphatic heterocycles. The standard InChI is InChI=1S/C18H16FNS/c1-13-8-9-14(11-16(13)19)12-20-17-6-3-2-5-15(17)18-7-4-10-21-18/h2-11,20H,12H2,1H3. The van der Waals surface area contributed by atoms with Gasteiger partial charge in [0.1, 0.15) is 5.82 Å². The van der Waals surface area contributed by atoms with Crippen molar-refractivity contribution < 1.29 is 4.39 Å². The van der Waals surface area contributed by atoms with E-state index in [1.807, 2.05) is 30.3 Å². The lowest BCUT2D eigenvalue weighted by Crippen LogP contribution is -2.01. The fourth-order valence-electron chi connectivity index (χ4n) is 2.23. The van der Waals surface area contributed by atoms with E-state index in [2.05, 4.69) is 28.9 Å². The van der Waals surface area contributed by atoms with Gasteiger partial charge >= 0.3 is 0 Å². The van der Waals surface area contributed by atoms with Crippen LogP contribution in [0.2, 0.25) is 0 Å². The van der Waals surface area contributed by atoms with Crippen LogP contribution in [0.25, 0.3) is 10.4 Å². The van der Waals surface area contributed by atoms with Crippen LogP contribution < -0.4 is 5.32 Å². The third kappa shape index (κ3) is 3.14. The van der Waals surface area contributed by atoms with Gasteiger partial charge in [-0.3, -0.25) is 0 Å². The Hall–Kier alpha value is -2.13. The van der Waals surface area contributed by atoms with E-state index >= 15 is 0 Å². The summed E-state index contributed by atoms with van der Waals surface area (Å²) in [5, 5.41) is 5.48. The monoisotopic (exact) mass is 297 g/mol. The van der Waals surface area contributed by atoms with Crippen molar-refractivity contribution in [2.75, 3.05) is 5.32 Å². The highest BCUT2D eigenvalue weighted by Crippen LogP contribution is 2.31. The summed E-state index contributed by atoms with van der Waals surface area (Å²) < 4.78 is 13.6. The minimum absolute atomic E-state index is 0.152. The van der Waals surface area contributed by atoms with Crippen LogP contribution in [0, 0.1) is 12.7 Å². The van der Waals surface area contributed by atoms with Crippen LogP contribution in [0.3, 0.4) is 0 Å². The Balaban J connectivity index is 1.81. The maximum atomic E-state index is 13.6. The van der Waals surface area contributed by atoms with E-state index in [9.17, 15) is 4.39 Å². The molecule has 0 amide bonds. The SMILES string of the molecule is Cc1ccc(CNc2ccccc2-c2cccs2)cc1F. The molecular formula is C18H16FNS. The third-order valence-corrected chi connectivity index (χ3v) is 4.34. The number of benzene rings is 2. The predicted octanol–water partition coefficient (Wildman–Crippen LogP) is 5.47. The van der Waals surface area contributed by atoms with Crippen LogP contribution in [0.15, 0.2) is 60.0 Å². The van der Waals surface area contributed by atoms with E-state index in [4.69, 9.17) is 0 Å². The lowest BCUT2D eigenvalue weighted by Gasteiger charge is -2.11. The van der Waals surface area contributed by atoms with Crippen LogP contribution in [0.4, 0.5) is 10.1 Å². The molecule has 2 aromatic carbocycles. The normalized spacial score (nSPS) is 10.6. The molecule has 0 bridgehead atoms. The van der Waals surface area contributed by atoms with Gasteiger partial charge in [0, 0.05) is 22.7 Å². The molecule has 0 saturated heterocycles. The van der Waals surface area contributed by atoms with Gasteiger partial charge in [0.2, 0.25) is 0 Å². The molecule has 3 heteroatoms. The quantitative estimate of drug-likeness (QED) is 0.673. The molecule has 0 spiro atoms. The molecule has 0 aliphatic rings. The zero-order chi connectivity index (χ0) is 14.7. The molecule has 0 fully saturated rings. The molecule has 0 unspecified atom stereocenters. The smallest absolute Gasteiger partial charge is 0.126 e. The van der Waals surface area contributed by atoms with E-state index in [1.54, 1.807) is 24.3 Å². The number of halogens is 1. The number of rotatable bonds is 4. The van der Waals surface area contributed by atoms with Gasteiger partial charge in [-0.1, -0.05) is 36.4 Å². The largest absolute Gasteiger partial charge is 0.380 e. The lowest BCUT2D eigenvalue weighted by molar-refractivity contribution is 0.616. The number of hydrogen-bond donors (Lipinski definition) is 1. The van der Waals surface area contributed by atoms with Crippen LogP contribution >= 0.6 is 11.3 Å². The highest BCUT2D eigenvalue weighted by Gasteiger charge is 2.05. The van der Waals surface area contributed by atoms with E-state index in [0.717, 1.165) is 11.3 Å². The van der Waals surface area contributed by atoms with E-state index in [0.29, 0.717) is 12.1 Å². The molecule has 0 radical (unpaired) electrons. The van der Waals surface area contributed by atoms with Crippen LogP contribution in [-0.4, -0.2) is 0 Å². The number of anilines is 1. The number of nitrogens with one attached hydrogen (secondary N) is 1. The topological polar surface area (TPSA) is 12.0 Å². The zero-order valence-corrected chi connectivity index (χ0v) is 12.6. The lowest BCUT2D eigenvalue weighted by atomic mass is 10.1. The number of para-hydroxylation sites is 1. The molecule has 3 rings (SSSR count). The van der Waals surface area contributed by atoms with Crippen molar-refractivity contribution in [3.05, 3.63) is 76.9 Å². The molecule has 3 aromatic rings. The molecular weight excluding hydrogens is 281 g/mol. The summed E-state index contributed by atoms with van der Waals surface area (Å²) in [6.07, 6.45) is 0. The average Bonchev–Trinajstić information content (AvgIpc) is 3.03. The van der Waals surface area contributed by atoms with Crippen molar-refractivity contribution in [2.24, 2.45) is 0 Å². The Morgan fingerprint density at radius 3 is 2.67 bits per heavy atom. The van der Waals surface area contributed by atoms with Crippen molar-refractivity contribution in [1.29, 1.82) is 0 Å². The van der Waals surface area contributed by atoms with Gasteiger partial charge in [-0.2, -0.15) is 0 Å². The Labute approximate surface area is 128 Å². The van der Waals surface area contributed by atoms with Gasteiger partial charge in [-0.25, -0.2) is 4.39 Å². The third-order valence-electron chi connectivity index (χ3n) is 3.43. The van der Waals surface area contributed by atoms with Crippen LogP contribution in [0.5, 0.6) is 0 Å². The van der Waals surface area contributed by atoms with Gasteiger partial charge in [-0.05, 0) is 41.6 Å². The molecule has 0 atom stereocenters. The summed E-state index contributed by atoms with van der Waals surface area (Å²) in [7, 11) is 0. The van der Waals surface area contributed by atoms with Crippen molar-refractivity contribution in [2.45, 2.75) is 13.5 Å². The molecule has 1 aromatic heterocycles. The van der Waals surface area contributed by atoms with Gasteiger partial charge in [0.15, 0.2) is 0 Å². The summed E-state index contributed by atoms with van der Waals surface area (Å²) in [6.45, 7) is 2.39. The van der Waals surface area contributed by atoms with Gasteiger partial charge in [0.05, 0.1) is 0 Å². The maximum Gasteiger partial charge on any atom is 0.126 e. The van der Waals surface area contributed by atoms with Gasteiger partial charge < -0.3 is 5.32 Å². The van der Waals surface area contributed by atoms with Gasteiger partial charge in [-0.15, -0.1) is 11.3 Å². The summed E-state index contributed by atoms with van der Waals surface area (Å²) >= 11 is 1.72. The molecule has 1 N–H and O–H groups in total. The van der Waals surface area contributed by atoms with Gasteiger partial charge in [0.25, 0.3) is 0 Å². The number of hydrogen-bond acceptors (Lipinski definition) is 2. The first-order chi connectivity index (χ1) is 10.2. The summed E-state index contributed by atoms with van der Waals surface area (Å²) in [5.41, 5.74) is 3.87. The van der Waals surface area contributed by atoms with Crippen molar-refractivity contribution >= 4 is 17.0 Å². The molecule has 106 valence electrons. The highest BCUT2D eigenvalue weighted by atomic mass is 32.1. The van der Waals surface area contributed by atoms with Crippen molar-refractivity contribution in [1.82, 2.24) is 0 Å². The highest BCUT2D eigenvalue weighted by molar-refractivity contribution is 7.13. The van der Waals surface area contributed by atoms with Crippen molar-refractivity contribution in [3.8, 4) is 10.4 Å². The molecule has 0 saturated carbocycles. The average molecular weight is 297 g/mol. The Kier molecular flexibility index (Phi) is 4.02. The second-order valence-corrected chi connectivity index (χ2v) is 5.91. The minimum atomic E-state index is -0.152.